The molecule has 2 bridgehead atoms. The first kappa shape index (κ1) is 18.6. The maximum absolute atomic E-state index is 12.7. The van der Waals surface area contributed by atoms with Crippen molar-refractivity contribution in [2.75, 3.05) is 43.6 Å². The van der Waals surface area contributed by atoms with Crippen LogP contribution < -0.4 is 10.2 Å². The summed E-state index contributed by atoms with van der Waals surface area (Å²) in [5.41, 5.74) is -0.0194. The van der Waals surface area contributed by atoms with Gasteiger partial charge in [0, 0.05) is 32.6 Å². The molecule has 29 heavy (non-hydrogen) atoms. The van der Waals surface area contributed by atoms with Crippen LogP contribution in [0.4, 0.5) is 11.1 Å². The third-order valence-corrected chi connectivity index (χ3v) is 6.95. The van der Waals surface area contributed by atoms with Gasteiger partial charge in [0.2, 0.25) is 17.6 Å². The fourth-order valence-corrected chi connectivity index (χ4v) is 5.10. The molecule has 9 nitrogen and oxygen atoms in total. The monoisotopic (exact) mass is 415 g/mol. The van der Waals surface area contributed by atoms with Gasteiger partial charge < -0.3 is 19.7 Å². The molecule has 1 N–H and O–H groups in total. The van der Waals surface area contributed by atoms with Gasteiger partial charge in [-0.3, -0.25) is 9.59 Å². The van der Waals surface area contributed by atoms with Crippen molar-refractivity contribution in [3.05, 3.63) is 29.0 Å². The molecular formula is C19H21N5O4S. The summed E-state index contributed by atoms with van der Waals surface area (Å²) in [5, 5.41) is 3.28. The average molecular weight is 415 g/mol. The molecule has 152 valence electrons. The molecule has 3 saturated carbocycles. The minimum atomic E-state index is -0.324. The Bertz CT molecular complexity index is 934. The molecule has 1 saturated heterocycles. The highest BCUT2D eigenvalue weighted by atomic mass is 32.1. The van der Waals surface area contributed by atoms with E-state index in [9.17, 15) is 9.59 Å². The van der Waals surface area contributed by atoms with Crippen LogP contribution in [0.25, 0.3) is 0 Å². The van der Waals surface area contributed by atoms with Crippen molar-refractivity contribution < 1.29 is 19.1 Å². The average Bonchev–Trinajstić information content (AvgIpc) is 3.15. The van der Waals surface area contributed by atoms with Gasteiger partial charge in [0.25, 0.3) is 0 Å². The summed E-state index contributed by atoms with van der Waals surface area (Å²) in [6.45, 7) is 2.76. The van der Waals surface area contributed by atoms with Gasteiger partial charge in [0.15, 0.2) is 5.13 Å². The minimum absolute atomic E-state index is 0.0389. The predicted molar refractivity (Wildman–Crippen MR) is 105 cm³/mol. The standard InChI is InChI=1S/C19H21N5O4S/c1-27-19-9-18(10-19,11-19)15(26)23-17-22-8-13(29-17)14(25)12-6-20-16(21-7-12)24-2-4-28-5-3-24/h6-8H,2-5,9-11H2,1H3,(H,22,23,26). The highest BCUT2D eigenvalue weighted by Gasteiger charge is 2.72. The van der Waals surface area contributed by atoms with Crippen LogP contribution in [0, 0.1) is 5.41 Å². The van der Waals surface area contributed by atoms with Crippen LogP contribution in [0.1, 0.15) is 34.5 Å². The summed E-state index contributed by atoms with van der Waals surface area (Å²) in [7, 11) is 1.69. The minimum Gasteiger partial charge on any atom is -0.378 e. The second-order valence-corrected chi connectivity index (χ2v) is 8.91. The zero-order valence-electron chi connectivity index (χ0n) is 16.0. The lowest BCUT2D eigenvalue weighted by molar-refractivity contribution is -0.260. The second kappa shape index (κ2) is 6.82. The van der Waals surface area contributed by atoms with Gasteiger partial charge in [-0.05, 0) is 19.3 Å². The number of methoxy groups -OCH3 is 1. The number of hydrogen-bond acceptors (Lipinski definition) is 9. The summed E-state index contributed by atoms with van der Waals surface area (Å²) >= 11 is 1.16. The fourth-order valence-electron chi connectivity index (χ4n) is 4.33. The van der Waals surface area contributed by atoms with E-state index in [1.54, 1.807) is 7.11 Å². The lowest BCUT2D eigenvalue weighted by atomic mass is 9.41. The van der Waals surface area contributed by atoms with Crippen molar-refractivity contribution in [3.8, 4) is 0 Å². The molecule has 2 aromatic heterocycles. The van der Waals surface area contributed by atoms with Crippen molar-refractivity contribution in [2.45, 2.75) is 24.9 Å². The molecule has 0 spiro atoms. The van der Waals surface area contributed by atoms with Crippen LogP contribution in [-0.4, -0.2) is 65.7 Å². The first-order valence-corrected chi connectivity index (χ1v) is 10.4. The number of ether oxygens (including phenoxy) is 2. The normalized spacial score (nSPS) is 27.7. The van der Waals surface area contributed by atoms with Crippen molar-refractivity contribution in [1.82, 2.24) is 15.0 Å². The summed E-state index contributed by atoms with van der Waals surface area (Å²) in [6, 6.07) is 0. The third kappa shape index (κ3) is 3.11. The number of thiazole rings is 1. The summed E-state index contributed by atoms with van der Waals surface area (Å²) in [4.78, 5) is 40.5. The van der Waals surface area contributed by atoms with E-state index >= 15 is 0 Å². The van der Waals surface area contributed by atoms with Gasteiger partial charge in [0.05, 0.1) is 40.9 Å². The molecular weight excluding hydrogens is 394 g/mol. The molecule has 0 atom stereocenters. The molecule has 3 heterocycles. The van der Waals surface area contributed by atoms with Crippen molar-refractivity contribution >= 4 is 34.1 Å². The Morgan fingerprint density at radius 2 is 1.83 bits per heavy atom. The molecule has 4 aliphatic rings. The maximum atomic E-state index is 12.7. The van der Waals surface area contributed by atoms with Crippen LogP contribution in [-0.2, 0) is 14.3 Å². The number of carbonyl (C=O) groups excluding carboxylic acids is 2. The van der Waals surface area contributed by atoms with Crippen LogP contribution in [0.2, 0.25) is 0 Å². The largest absolute Gasteiger partial charge is 0.378 e. The predicted octanol–water partition coefficient (Wildman–Crippen LogP) is 1.51. The molecule has 2 aromatic rings. The maximum Gasteiger partial charge on any atom is 0.232 e. The quantitative estimate of drug-likeness (QED) is 0.708. The van der Waals surface area contributed by atoms with Crippen molar-refractivity contribution in [3.63, 3.8) is 0 Å². The van der Waals surface area contributed by atoms with E-state index in [0.717, 1.165) is 43.7 Å². The van der Waals surface area contributed by atoms with Gasteiger partial charge >= 0.3 is 0 Å². The number of carbonyl (C=O) groups is 2. The first-order chi connectivity index (χ1) is 14.0. The SMILES string of the molecule is COC12CC(C(=O)Nc3ncc(C(=O)c4cnc(N5CCOCC5)nc4)s3)(C1)C2. The van der Waals surface area contributed by atoms with E-state index in [0.29, 0.717) is 34.7 Å². The van der Waals surface area contributed by atoms with Crippen LogP contribution in [0.3, 0.4) is 0 Å². The third-order valence-electron chi connectivity index (χ3n) is 6.04. The highest BCUT2D eigenvalue weighted by Crippen LogP contribution is 2.69. The molecule has 0 radical (unpaired) electrons. The molecule has 4 fully saturated rings. The number of hydrogen-bond donors (Lipinski definition) is 1. The zero-order valence-corrected chi connectivity index (χ0v) is 16.8. The molecule has 0 unspecified atom stereocenters. The fraction of sp³-hybridized carbons (Fsp3) is 0.526. The lowest BCUT2D eigenvalue weighted by Gasteiger charge is -2.67. The van der Waals surface area contributed by atoms with Gasteiger partial charge in [-0.25, -0.2) is 15.0 Å². The van der Waals surface area contributed by atoms with Gasteiger partial charge in [-0.1, -0.05) is 11.3 Å². The van der Waals surface area contributed by atoms with E-state index in [2.05, 4.69) is 20.3 Å². The van der Waals surface area contributed by atoms with Crippen molar-refractivity contribution in [2.24, 2.45) is 5.41 Å². The Morgan fingerprint density at radius 1 is 1.14 bits per heavy atom. The van der Waals surface area contributed by atoms with Crippen molar-refractivity contribution in [1.29, 1.82) is 0 Å². The summed E-state index contributed by atoms with van der Waals surface area (Å²) in [5.74, 6) is 0.345. The molecule has 6 rings (SSSR count). The van der Waals surface area contributed by atoms with Gasteiger partial charge in [-0.15, -0.1) is 0 Å². The van der Waals surface area contributed by atoms with Crippen LogP contribution in [0.15, 0.2) is 18.6 Å². The number of nitrogens with zero attached hydrogens (tertiary/aromatic N) is 4. The lowest BCUT2D eigenvalue weighted by Crippen LogP contribution is -2.72. The van der Waals surface area contributed by atoms with E-state index < -0.39 is 0 Å². The number of anilines is 2. The van der Waals surface area contributed by atoms with E-state index in [-0.39, 0.29) is 22.7 Å². The van der Waals surface area contributed by atoms with Gasteiger partial charge in [0.1, 0.15) is 0 Å². The van der Waals surface area contributed by atoms with Crippen LogP contribution >= 0.6 is 11.3 Å². The molecule has 0 aromatic carbocycles. The Kier molecular flexibility index (Phi) is 4.37. The number of amides is 1. The van der Waals surface area contributed by atoms with E-state index in [1.807, 2.05) is 4.90 Å². The Labute approximate surface area is 171 Å². The molecule has 10 heteroatoms. The Balaban J connectivity index is 1.22. The number of nitrogens with one attached hydrogen (secondary N) is 1. The molecule has 1 amide bonds. The number of ketones is 1. The smallest absolute Gasteiger partial charge is 0.232 e. The summed E-state index contributed by atoms with van der Waals surface area (Å²) < 4.78 is 10.8. The molecule has 1 aliphatic heterocycles. The number of aromatic nitrogens is 3. The zero-order chi connectivity index (χ0) is 20.1. The Morgan fingerprint density at radius 3 is 2.48 bits per heavy atom. The van der Waals surface area contributed by atoms with Crippen LogP contribution in [0.5, 0.6) is 0 Å². The molecule has 3 aliphatic carbocycles. The second-order valence-electron chi connectivity index (χ2n) is 7.88. The highest BCUT2D eigenvalue weighted by molar-refractivity contribution is 7.17. The Hall–Kier alpha value is -2.43. The number of rotatable bonds is 6. The topological polar surface area (TPSA) is 107 Å². The van der Waals surface area contributed by atoms with E-state index in [4.69, 9.17) is 9.47 Å². The summed E-state index contributed by atoms with van der Waals surface area (Å²) in [6.07, 6.45) is 6.82. The number of morpholine rings is 1. The first-order valence-electron chi connectivity index (χ1n) is 9.55. The van der Waals surface area contributed by atoms with E-state index in [1.165, 1.54) is 18.6 Å². The van der Waals surface area contributed by atoms with Gasteiger partial charge in [-0.2, -0.15) is 0 Å².